The third kappa shape index (κ3) is 3.46. The molecule has 2 rings (SSSR count). The van der Waals surface area contributed by atoms with Crippen LogP contribution in [-0.4, -0.2) is 37.0 Å². The minimum atomic E-state index is 0.997. The van der Waals surface area contributed by atoms with Crippen molar-refractivity contribution in [2.45, 2.75) is 19.3 Å². The van der Waals surface area contributed by atoms with Crippen molar-refractivity contribution in [3.8, 4) is 0 Å². The van der Waals surface area contributed by atoms with Gasteiger partial charge in [-0.05, 0) is 12.8 Å². The molecule has 2 fully saturated rings. The standard InChI is InChI=1S/C7H11N.C6H11N/c1-6-4-7(2)8(3)5-6;1-6-4-3-5-7(6)2/h1-2,4-5H2,3H3;1,3-5H2,2H3. The molecule has 0 aromatic heterocycles. The first kappa shape index (κ1) is 11.9. The molecule has 2 heterocycles. The maximum atomic E-state index is 3.86. The molecular weight excluding hydrogens is 184 g/mol. The third-order valence-electron chi connectivity index (χ3n) is 2.95. The van der Waals surface area contributed by atoms with Gasteiger partial charge in [0.1, 0.15) is 0 Å². The van der Waals surface area contributed by atoms with Gasteiger partial charge in [-0.15, -0.1) is 0 Å². The van der Waals surface area contributed by atoms with Crippen molar-refractivity contribution in [2.24, 2.45) is 0 Å². The molecule has 0 spiro atoms. The molecule has 84 valence electrons. The highest BCUT2D eigenvalue weighted by atomic mass is 15.1. The SMILES string of the molecule is C=C1CC(=C)N(C)C1.C=C1CCCN1C. The van der Waals surface area contributed by atoms with E-state index in [1.54, 1.807) is 0 Å². The molecule has 15 heavy (non-hydrogen) atoms. The van der Waals surface area contributed by atoms with Gasteiger partial charge >= 0.3 is 0 Å². The molecule has 2 heteroatoms. The lowest BCUT2D eigenvalue weighted by Gasteiger charge is -2.08. The van der Waals surface area contributed by atoms with Gasteiger partial charge in [0.05, 0.1) is 0 Å². The molecule has 0 saturated carbocycles. The predicted octanol–water partition coefficient (Wildman–Crippen LogP) is 2.62. The van der Waals surface area contributed by atoms with Crippen LogP contribution in [0.1, 0.15) is 19.3 Å². The minimum Gasteiger partial charge on any atom is -0.378 e. The Morgan fingerprint density at radius 2 is 1.67 bits per heavy atom. The Hall–Kier alpha value is -1.18. The van der Waals surface area contributed by atoms with Gasteiger partial charge in [0, 0.05) is 45.0 Å². The number of likely N-dealkylation sites (N-methyl/N-ethyl adjacent to an activating group) is 1. The smallest absolute Gasteiger partial charge is 0.0383 e. The number of nitrogens with zero attached hydrogens (tertiary/aromatic N) is 2. The summed E-state index contributed by atoms with van der Waals surface area (Å²) in [5.41, 5.74) is 3.76. The monoisotopic (exact) mass is 206 g/mol. The fraction of sp³-hybridized carbons (Fsp3) is 0.538. The summed E-state index contributed by atoms with van der Waals surface area (Å²) in [5.74, 6) is 0. The normalized spacial score (nSPS) is 20.8. The summed E-state index contributed by atoms with van der Waals surface area (Å²) in [6.45, 7) is 13.8. The van der Waals surface area contributed by atoms with Crippen LogP contribution in [0.15, 0.2) is 36.7 Å². The fourth-order valence-electron chi connectivity index (χ4n) is 1.80. The summed E-state index contributed by atoms with van der Waals surface area (Å²) in [6, 6.07) is 0. The van der Waals surface area contributed by atoms with Crippen LogP contribution in [-0.2, 0) is 0 Å². The highest BCUT2D eigenvalue weighted by Gasteiger charge is 2.12. The molecule has 0 bridgehead atoms. The van der Waals surface area contributed by atoms with Crippen molar-refractivity contribution in [3.05, 3.63) is 36.7 Å². The summed E-state index contributed by atoms with van der Waals surface area (Å²) in [6.07, 6.45) is 3.50. The van der Waals surface area contributed by atoms with E-state index in [0.29, 0.717) is 0 Å². The van der Waals surface area contributed by atoms with Crippen LogP contribution < -0.4 is 0 Å². The number of hydrogen-bond acceptors (Lipinski definition) is 2. The van der Waals surface area contributed by atoms with Crippen LogP contribution in [0.2, 0.25) is 0 Å². The van der Waals surface area contributed by atoms with E-state index in [9.17, 15) is 0 Å². The second kappa shape index (κ2) is 5.06. The second-order valence-corrected chi connectivity index (χ2v) is 4.44. The average molecular weight is 206 g/mol. The predicted molar refractivity (Wildman–Crippen MR) is 66.5 cm³/mol. The molecule has 0 aromatic rings. The van der Waals surface area contributed by atoms with Crippen LogP contribution in [0.4, 0.5) is 0 Å². The molecule has 0 N–H and O–H groups in total. The van der Waals surface area contributed by atoms with Crippen LogP contribution in [0.3, 0.4) is 0 Å². The third-order valence-corrected chi connectivity index (χ3v) is 2.95. The molecule has 0 radical (unpaired) electrons. The van der Waals surface area contributed by atoms with E-state index in [2.05, 4.69) is 36.6 Å². The molecule has 2 nitrogen and oxygen atoms in total. The quantitative estimate of drug-likeness (QED) is 0.562. The van der Waals surface area contributed by atoms with E-state index in [4.69, 9.17) is 0 Å². The lowest BCUT2D eigenvalue weighted by atomic mass is 10.2. The molecule has 0 aromatic carbocycles. The largest absolute Gasteiger partial charge is 0.378 e. The van der Waals surface area contributed by atoms with Gasteiger partial charge in [0.15, 0.2) is 0 Å². The Bertz CT molecular complexity index is 278. The summed E-state index contributed by atoms with van der Waals surface area (Å²) in [5, 5.41) is 0. The second-order valence-electron chi connectivity index (χ2n) is 4.44. The van der Waals surface area contributed by atoms with Crippen LogP contribution in [0, 0.1) is 0 Å². The minimum absolute atomic E-state index is 0.997. The molecular formula is C13H22N2. The Morgan fingerprint density at radius 1 is 1.00 bits per heavy atom. The van der Waals surface area contributed by atoms with Gasteiger partial charge < -0.3 is 9.80 Å². The first-order valence-electron chi connectivity index (χ1n) is 5.45. The highest BCUT2D eigenvalue weighted by Crippen LogP contribution is 2.19. The number of allylic oxidation sites excluding steroid dienone is 2. The van der Waals surface area contributed by atoms with Crippen LogP contribution in [0.5, 0.6) is 0 Å². The van der Waals surface area contributed by atoms with Crippen molar-refractivity contribution in [2.75, 3.05) is 27.2 Å². The molecule has 0 aliphatic carbocycles. The van der Waals surface area contributed by atoms with Crippen molar-refractivity contribution < 1.29 is 0 Å². The molecule has 2 aliphatic heterocycles. The van der Waals surface area contributed by atoms with Crippen molar-refractivity contribution in [3.63, 3.8) is 0 Å². The first-order chi connectivity index (χ1) is 7.00. The zero-order valence-electron chi connectivity index (χ0n) is 10.1. The maximum absolute atomic E-state index is 3.86. The van der Waals surface area contributed by atoms with Gasteiger partial charge in [-0.3, -0.25) is 0 Å². The first-order valence-corrected chi connectivity index (χ1v) is 5.45. The van der Waals surface area contributed by atoms with Gasteiger partial charge in [0.2, 0.25) is 0 Å². The van der Waals surface area contributed by atoms with E-state index in [0.717, 1.165) is 13.0 Å². The summed E-state index contributed by atoms with van der Waals surface area (Å²) < 4.78 is 0. The fourth-order valence-corrected chi connectivity index (χ4v) is 1.80. The summed E-state index contributed by atoms with van der Waals surface area (Å²) >= 11 is 0. The van der Waals surface area contributed by atoms with Crippen LogP contribution in [0.25, 0.3) is 0 Å². The molecule has 0 unspecified atom stereocenters. The lowest BCUT2D eigenvalue weighted by Crippen LogP contribution is -2.08. The van der Waals surface area contributed by atoms with Gasteiger partial charge in [-0.2, -0.15) is 0 Å². The van der Waals surface area contributed by atoms with Crippen LogP contribution >= 0.6 is 0 Å². The number of likely N-dealkylation sites (tertiary alicyclic amines) is 2. The van der Waals surface area contributed by atoms with Gasteiger partial charge in [-0.1, -0.05) is 25.3 Å². The van der Waals surface area contributed by atoms with Gasteiger partial charge in [-0.25, -0.2) is 0 Å². The molecule has 0 atom stereocenters. The van der Waals surface area contributed by atoms with E-state index < -0.39 is 0 Å². The van der Waals surface area contributed by atoms with Crippen molar-refractivity contribution >= 4 is 0 Å². The average Bonchev–Trinajstić information content (AvgIpc) is 2.63. The summed E-state index contributed by atoms with van der Waals surface area (Å²) in [7, 11) is 4.13. The zero-order valence-corrected chi connectivity index (χ0v) is 10.1. The van der Waals surface area contributed by atoms with E-state index in [1.807, 2.05) is 7.05 Å². The van der Waals surface area contributed by atoms with E-state index >= 15 is 0 Å². The van der Waals surface area contributed by atoms with E-state index in [1.165, 1.54) is 36.4 Å². The molecule has 2 aliphatic rings. The Kier molecular flexibility index (Phi) is 4.01. The van der Waals surface area contributed by atoms with Gasteiger partial charge in [0.25, 0.3) is 0 Å². The lowest BCUT2D eigenvalue weighted by molar-refractivity contribution is 0.483. The topological polar surface area (TPSA) is 6.48 Å². The maximum Gasteiger partial charge on any atom is 0.0383 e. The van der Waals surface area contributed by atoms with Crippen molar-refractivity contribution in [1.82, 2.24) is 9.80 Å². The number of rotatable bonds is 0. The Morgan fingerprint density at radius 3 is 1.80 bits per heavy atom. The summed E-state index contributed by atoms with van der Waals surface area (Å²) in [4.78, 5) is 4.34. The highest BCUT2D eigenvalue weighted by molar-refractivity contribution is 5.18. The Balaban J connectivity index is 0.000000151. The molecule has 0 amide bonds. The Labute approximate surface area is 93.6 Å². The number of hydrogen-bond donors (Lipinski definition) is 0. The zero-order chi connectivity index (χ0) is 11.4. The van der Waals surface area contributed by atoms with Crippen molar-refractivity contribution in [1.29, 1.82) is 0 Å². The van der Waals surface area contributed by atoms with E-state index in [-0.39, 0.29) is 0 Å². The molecule has 2 saturated heterocycles.